The molecule has 1 aromatic heterocycles. The maximum Gasteiger partial charge on any atom is 0.243 e. The zero-order valence-corrected chi connectivity index (χ0v) is 40.5. The van der Waals surface area contributed by atoms with E-state index < -0.39 is 78.6 Å². The van der Waals surface area contributed by atoms with Crippen LogP contribution in [0, 0.1) is 11.8 Å². The fraction of sp³-hybridized carbons (Fsp3) is 0.667. The molecule has 1 heterocycles. The molecule has 24 heteroatoms. The van der Waals surface area contributed by atoms with Gasteiger partial charge >= 0.3 is 0 Å². The van der Waals surface area contributed by atoms with Crippen molar-refractivity contribution in [1.82, 2.24) is 57.5 Å². The van der Waals surface area contributed by atoms with Crippen LogP contribution in [-0.2, 0) is 57.7 Å². The number of rotatable bonds is 39. The predicted molar refractivity (Wildman–Crippen MR) is 259 cm³/mol. The molecule has 69 heavy (non-hydrogen) atoms. The van der Waals surface area contributed by atoms with Gasteiger partial charge in [0.15, 0.2) is 5.78 Å². The summed E-state index contributed by atoms with van der Waals surface area (Å²) in [6, 6.07) is 5.42. The van der Waals surface area contributed by atoms with Crippen molar-refractivity contribution in [3.63, 3.8) is 0 Å². The zero-order chi connectivity index (χ0) is 50.7. The molecule has 0 aliphatic rings. The highest BCUT2D eigenvalue weighted by atomic mass is 16.5. The molecule has 0 unspecified atom stereocenters. The standard InChI is InChI=1S/C45H76N16O8/c1-4-15-53-44(67)38(30-42(65)52-21-19-50-17-14-47)57-43(66)34(29-41(64)51-20-18-49-16-13-46)28-39(62)36(27-33-9-6-5-7-10-33)56-45(68)37(26-32(2)3)55-40(63)12-8-11-35-31-61(60-58-35)23-25-69-24-22-54-59-48/h5-7,9-10,31-32,34,36-38,49-50H,4,8,11-30,46-47H2,1-3H3,(H,51,64)(H,52,65)(H,53,67)(H,55,63)(H,56,68)(H,57,66)/t34-,36+,37-,38+/m1/s1. The van der Waals surface area contributed by atoms with Gasteiger partial charge in [0.25, 0.3) is 0 Å². The van der Waals surface area contributed by atoms with E-state index in [2.05, 4.69) is 62.9 Å². The minimum absolute atomic E-state index is 0.0307. The molecule has 2 rings (SSSR count). The molecular formula is C45H76N16O8. The summed E-state index contributed by atoms with van der Waals surface area (Å²) in [7, 11) is 0. The fourth-order valence-electron chi connectivity index (χ4n) is 6.84. The second kappa shape index (κ2) is 36.0. The van der Waals surface area contributed by atoms with Crippen molar-refractivity contribution in [2.24, 2.45) is 28.4 Å². The third-order valence-corrected chi connectivity index (χ3v) is 10.3. The van der Waals surface area contributed by atoms with Gasteiger partial charge in [-0.05, 0) is 49.1 Å². The Kier molecular flexibility index (Phi) is 30.8. The van der Waals surface area contributed by atoms with Gasteiger partial charge in [-0.3, -0.25) is 33.6 Å². The normalized spacial score (nSPS) is 12.7. The van der Waals surface area contributed by atoms with Crippen molar-refractivity contribution in [1.29, 1.82) is 0 Å². The molecule has 24 nitrogen and oxygen atoms in total. The smallest absolute Gasteiger partial charge is 0.243 e. The molecule has 2 aromatic rings. The summed E-state index contributed by atoms with van der Waals surface area (Å²) in [5, 5.41) is 34.3. The van der Waals surface area contributed by atoms with E-state index in [1.807, 2.05) is 20.8 Å². The van der Waals surface area contributed by atoms with Gasteiger partial charge in [-0.2, -0.15) is 0 Å². The molecule has 0 aliphatic heterocycles. The van der Waals surface area contributed by atoms with Crippen LogP contribution in [0.4, 0.5) is 0 Å². The van der Waals surface area contributed by atoms with E-state index in [4.69, 9.17) is 21.7 Å². The quantitative estimate of drug-likeness (QED) is 0.0164. The van der Waals surface area contributed by atoms with E-state index in [1.54, 1.807) is 41.2 Å². The van der Waals surface area contributed by atoms with Gasteiger partial charge in [0.2, 0.25) is 35.4 Å². The number of hydrogen-bond donors (Lipinski definition) is 10. The molecule has 0 bridgehead atoms. The van der Waals surface area contributed by atoms with Gasteiger partial charge in [-0.15, -0.1) is 5.10 Å². The van der Waals surface area contributed by atoms with E-state index in [9.17, 15) is 33.6 Å². The molecule has 0 radical (unpaired) electrons. The molecular weight excluding hydrogens is 893 g/mol. The molecule has 0 saturated heterocycles. The Bertz CT molecular complexity index is 1900. The largest absolute Gasteiger partial charge is 0.379 e. The Hall–Kier alpha value is -6.04. The number of carbonyl (C=O) groups excluding carboxylic acids is 7. The minimum Gasteiger partial charge on any atom is -0.379 e. The lowest BCUT2D eigenvalue weighted by Gasteiger charge is -2.26. The Morgan fingerprint density at radius 3 is 2.06 bits per heavy atom. The Morgan fingerprint density at radius 1 is 0.754 bits per heavy atom. The topological polar surface area (TPSA) is 356 Å². The Balaban J connectivity index is 2.28. The van der Waals surface area contributed by atoms with Crippen LogP contribution in [0.25, 0.3) is 10.4 Å². The van der Waals surface area contributed by atoms with Crippen LogP contribution in [0.15, 0.2) is 41.6 Å². The van der Waals surface area contributed by atoms with Crippen LogP contribution in [0.1, 0.15) is 77.0 Å². The maximum atomic E-state index is 14.5. The summed E-state index contributed by atoms with van der Waals surface area (Å²) < 4.78 is 7.02. The molecule has 0 spiro atoms. The minimum atomic E-state index is -1.33. The van der Waals surface area contributed by atoms with Gasteiger partial charge in [0.1, 0.15) is 12.1 Å². The van der Waals surface area contributed by atoms with E-state index >= 15 is 0 Å². The highest BCUT2D eigenvalue weighted by molar-refractivity contribution is 5.98. The molecule has 384 valence electrons. The second-order valence-corrected chi connectivity index (χ2v) is 16.8. The van der Waals surface area contributed by atoms with Crippen molar-refractivity contribution >= 4 is 41.2 Å². The first-order chi connectivity index (χ1) is 33.3. The van der Waals surface area contributed by atoms with E-state index in [0.29, 0.717) is 82.9 Å². The maximum absolute atomic E-state index is 14.5. The van der Waals surface area contributed by atoms with Crippen LogP contribution in [0.3, 0.4) is 0 Å². The molecule has 1 aromatic carbocycles. The zero-order valence-electron chi connectivity index (χ0n) is 40.5. The highest BCUT2D eigenvalue weighted by Crippen LogP contribution is 2.16. The number of nitrogens with zero attached hydrogens (tertiary/aromatic N) is 6. The number of aryl methyl sites for hydroxylation is 1. The average Bonchev–Trinajstić information content (AvgIpc) is 3.78. The number of carbonyl (C=O) groups is 7. The summed E-state index contributed by atoms with van der Waals surface area (Å²) >= 11 is 0. The summed E-state index contributed by atoms with van der Waals surface area (Å²) in [6.07, 6.45) is 2.21. The van der Waals surface area contributed by atoms with Crippen LogP contribution in [-0.4, -0.2) is 153 Å². The number of ketones is 1. The second-order valence-electron chi connectivity index (χ2n) is 16.8. The number of amides is 6. The van der Waals surface area contributed by atoms with Gasteiger partial charge in [0.05, 0.1) is 43.8 Å². The lowest BCUT2D eigenvalue weighted by atomic mass is 9.91. The highest BCUT2D eigenvalue weighted by Gasteiger charge is 2.34. The molecule has 12 N–H and O–H groups in total. The fourth-order valence-corrected chi connectivity index (χ4v) is 6.84. The van der Waals surface area contributed by atoms with Crippen LogP contribution in [0.5, 0.6) is 0 Å². The third-order valence-electron chi connectivity index (χ3n) is 10.3. The molecule has 6 amide bonds. The SMILES string of the molecule is CCCNC(=O)[C@H](CC(=O)NCCNCCN)NC(=O)[C@@H](CC(=O)NCCNCCN)CC(=O)[C@H](Cc1ccccc1)NC(=O)[C@@H](CC(C)C)NC(=O)CCCc1cn(CCOCCN=[N+]=[N-])nn1. The van der Waals surface area contributed by atoms with Gasteiger partial charge in [-0.1, -0.05) is 61.4 Å². The number of nitrogens with two attached hydrogens (primary N) is 2. The summed E-state index contributed by atoms with van der Waals surface area (Å²) in [5.41, 5.74) is 20.8. The van der Waals surface area contributed by atoms with Crippen molar-refractivity contribution in [3.8, 4) is 0 Å². The summed E-state index contributed by atoms with van der Waals surface area (Å²) in [6.45, 7) is 10.4. The number of ether oxygens (including phenoxy) is 1. The van der Waals surface area contributed by atoms with Gasteiger partial charge < -0.3 is 58.7 Å². The van der Waals surface area contributed by atoms with Crippen molar-refractivity contribution in [2.45, 2.75) is 103 Å². The number of azide groups is 1. The summed E-state index contributed by atoms with van der Waals surface area (Å²) in [4.78, 5) is 98.4. The Morgan fingerprint density at radius 2 is 1.42 bits per heavy atom. The first kappa shape index (κ1) is 59.1. The van der Waals surface area contributed by atoms with Crippen LogP contribution >= 0.6 is 0 Å². The number of Topliss-reactive ketones (excluding diaryl/α,β-unsaturated/α-hetero) is 1. The van der Waals surface area contributed by atoms with E-state index in [0.717, 1.165) is 0 Å². The lowest BCUT2D eigenvalue weighted by molar-refractivity contribution is -0.137. The molecule has 0 saturated carbocycles. The van der Waals surface area contributed by atoms with Gasteiger partial charge in [0, 0.05) is 95.8 Å². The average molecular weight is 969 g/mol. The number of aromatic nitrogens is 3. The van der Waals surface area contributed by atoms with Gasteiger partial charge in [-0.25, -0.2) is 4.68 Å². The monoisotopic (exact) mass is 969 g/mol. The Labute approximate surface area is 404 Å². The van der Waals surface area contributed by atoms with Crippen molar-refractivity contribution < 1.29 is 38.3 Å². The van der Waals surface area contributed by atoms with E-state index in [1.165, 1.54) is 0 Å². The lowest BCUT2D eigenvalue weighted by Crippen LogP contribution is -2.54. The number of benzene rings is 1. The molecule has 0 fully saturated rings. The van der Waals surface area contributed by atoms with Crippen molar-refractivity contribution in [2.75, 3.05) is 78.7 Å². The molecule has 4 atom stereocenters. The summed E-state index contributed by atoms with van der Waals surface area (Å²) in [5.74, 6) is -5.35. The first-order valence-electron chi connectivity index (χ1n) is 23.9. The van der Waals surface area contributed by atoms with Crippen LogP contribution < -0.4 is 54.0 Å². The number of nitrogens with one attached hydrogen (secondary N) is 8. The first-order valence-corrected chi connectivity index (χ1v) is 23.9. The third kappa shape index (κ3) is 26.9. The number of hydrogen-bond acceptors (Lipinski definition) is 15. The van der Waals surface area contributed by atoms with E-state index in [-0.39, 0.29) is 63.9 Å². The predicted octanol–water partition coefficient (Wildman–Crippen LogP) is -1.12. The van der Waals surface area contributed by atoms with Crippen molar-refractivity contribution in [3.05, 3.63) is 58.2 Å². The molecule has 0 aliphatic carbocycles. The van der Waals surface area contributed by atoms with Crippen LogP contribution in [0.2, 0.25) is 0 Å².